The van der Waals surface area contributed by atoms with Crippen molar-refractivity contribution in [2.75, 3.05) is 31.6 Å². The molecule has 2 aromatic rings. The van der Waals surface area contributed by atoms with Gasteiger partial charge in [0.15, 0.2) is 0 Å². The van der Waals surface area contributed by atoms with Crippen LogP contribution in [-0.2, 0) is 14.8 Å². The third-order valence-corrected chi connectivity index (χ3v) is 7.54. The Balaban J connectivity index is 1.52. The molecule has 1 atom stereocenters. The Morgan fingerprint density at radius 2 is 1.71 bits per heavy atom. The SMILES string of the molecule is COC(=O)c1ccc(N2CCN(S(=O)(=O)c3ccc4c(c3)C(=O)NC4=O)C(C)C2)cc1. The molecule has 0 radical (unpaired) electrons. The van der Waals surface area contributed by atoms with Crippen molar-refractivity contribution in [1.29, 1.82) is 0 Å². The van der Waals surface area contributed by atoms with Gasteiger partial charge in [-0.15, -0.1) is 0 Å². The van der Waals surface area contributed by atoms with E-state index in [2.05, 4.69) is 5.32 Å². The van der Waals surface area contributed by atoms with Gasteiger partial charge in [-0.3, -0.25) is 14.9 Å². The smallest absolute Gasteiger partial charge is 0.337 e. The highest BCUT2D eigenvalue weighted by atomic mass is 32.2. The first-order valence-corrected chi connectivity index (χ1v) is 11.1. The van der Waals surface area contributed by atoms with E-state index < -0.39 is 27.8 Å². The largest absolute Gasteiger partial charge is 0.465 e. The standard InChI is InChI=1S/C21H21N3O6S/c1-13-12-23(15-5-3-14(4-6-15)21(27)30-2)9-10-24(13)31(28,29)16-7-8-17-18(11-16)20(26)22-19(17)25/h3-8,11,13H,9-10,12H2,1-2H3,(H,22,25,26). The number of nitrogens with one attached hydrogen (secondary N) is 1. The third kappa shape index (κ3) is 3.68. The van der Waals surface area contributed by atoms with Crippen molar-refractivity contribution in [3.05, 3.63) is 59.2 Å². The molecule has 1 unspecified atom stereocenters. The van der Waals surface area contributed by atoms with Crippen LogP contribution in [-0.4, -0.2) is 63.3 Å². The topological polar surface area (TPSA) is 113 Å². The fourth-order valence-electron chi connectivity index (χ4n) is 3.90. The number of carbonyl (C=O) groups excluding carboxylic acids is 3. The normalized spacial score (nSPS) is 19.2. The van der Waals surface area contributed by atoms with Gasteiger partial charge in [0, 0.05) is 31.4 Å². The lowest BCUT2D eigenvalue weighted by atomic mass is 10.1. The number of carbonyl (C=O) groups is 3. The van der Waals surface area contributed by atoms with Gasteiger partial charge >= 0.3 is 5.97 Å². The first-order chi connectivity index (χ1) is 14.7. The van der Waals surface area contributed by atoms with Crippen LogP contribution >= 0.6 is 0 Å². The summed E-state index contributed by atoms with van der Waals surface area (Å²) in [5.41, 5.74) is 1.57. The minimum Gasteiger partial charge on any atom is -0.465 e. The third-order valence-electron chi connectivity index (χ3n) is 5.53. The maximum Gasteiger partial charge on any atom is 0.337 e. The number of rotatable bonds is 4. The summed E-state index contributed by atoms with van der Waals surface area (Å²) < 4.78 is 32.6. The van der Waals surface area contributed by atoms with E-state index in [0.29, 0.717) is 18.7 Å². The molecule has 4 rings (SSSR count). The van der Waals surface area contributed by atoms with Crippen LogP contribution in [0.1, 0.15) is 38.0 Å². The number of piperazine rings is 1. The predicted octanol–water partition coefficient (Wildman–Crippen LogP) is 1.26. The summed E-state index contributed by atoms with van der Waals surface area (Å²) in [6, 6.07) is 10.6. The minimum atomic E-state index is -3.85. The molecule has 2 aromatic carbocycles. The van der Waals surface area contributed by atoms with Crippen LogP contribution in [0.5, 0.6) is 0 Å². The van der Waals surface area contributed by atoms with E-state index in [4.69, 9.17) is 4.74 Å². The first-order valence-electron chi connectivity index (χ1n) is 9.67. The van der Waals surface area contributed by atoms with E-state index in [9.17, 15) is 22.8 Å². The number of sulfonamides is 1. The van der Waals surface area contributed by atoms with Gasteiger partial charge in [-0.25, -0.2) is 13.2 Å². The molecular formula is C21H21N3O6S. The lowest BCUT2D eigenvalue weighted by Gasteiger charge is -2.40. The van der Waals surface area contributed by atoms with E-state index in [1.165, 1.54) is 29.6 Å². The lowest BCUT2D eigenvalue weighted by Crippen LogP contribution is -2.54. The van der Waals surface area contributed by atoms with Gasteiger partial charge in [-0.1, -0.05) is 0 Å². The summed E-state index contributed by atoms with van der Waals surface area (Å²) in [6.45, 7) is 2.99. The highest BCUT2D eigenvalue weighted by Crippen LogP contribution is 2.27. The predicted molar refractivity (Wildman–Crippen MR) is 112 cm³/mol. The molecule has 10 heteroatoms. The van der Waals surface area contributed by atoms with Crippen molar-refractivity contribution in [3.63, 3.8) is 0 Å². The van der Waals surface area contributed by atoms with E-state index in [-0.39, 0.29) is 28.6 Å². The summed E-state index contributed by atoms with van der Waals surface area (Å²) >= 11 is 0. The van der Waals surface area contributed by atoms with Gasteiger partial charge in [0.25, 0.3) is 11.8 Å². The average Bonchev–Trinajstić information content (AvgIpc) is 3.06. The maximum atomic E-state index is 13.2. The van der Waals surface area contributed by atoms with Gasteiger partial charge in [-0.2, -0.15) is 4.31 Å². The first kappa shape index (κ1) is 21.0. The number of benzene rings is 2. The van der Waals surface area contributed by atoms with Crippen molar-refractivity contribution in [2.24, 2.45) is 0 Å². The van der Waals surface area contributed by atoms with E-state index in [1.54, 1.807) is 24.3 Å². The molecule has 9 nitrogen and oxygen atoms in total. The molecule has 0 spiro atoms. The van der Waals surface area contributed by atoms with Crippen molar-refractivity contribution in [1.82, 2.24) is 9.62 Å². The summed E-state index contributed by atoms with van der Waals surface area (Å²) in [5.74, 6) is -1.53. The summed E-state index contributed by atoms with van der Waals surface area (Å²) in [6.07, 6.45) is 0. The molecule has 2 aliphatic heterocycles. The van der Waals surface area contributed by atoms with Crippen LogP contribution in [0.2, 0.25) is 0 Å². The fraction of sp³-hybridized carbons (Fsp3) is 0.286. The van der Waals surface area contributed by atoms with E-state index >= 15 is 0 Å². The molecular weight excluding hydrogens is 422 g/mol. The van der Waals surface area contributed by atoms with Gasteiger partial charge in [-0.05, 0) is 49.4 Å². The second kappa shape index (κ2) is 7.78. The number of imide groups is 1. The van der Waals surface area contributed by atoms with Crippen LogP contribution in [0.25, 0.3) is 0 Å². The second-order valence-corrected chi connectivity index (χ2v) is 9.33. The molecule has 2 aliphatic rings. The van der Waals surface area contributed by atoms with Crippen molar-refractivity contribution in [3.8, 4) is 0 Å². The highest BCUT2D eigenvalue weighted by molar-refractivity contribution is 7.89. The molecule has 2 heterocycles. The highest BCUT2D eigenvalue weighted by Gasteiger charge is 2.36. The Kier molecular flexibility index (Phi) is 5.28. The zero-order chi connectivity index (χ0) is 22.3. The number of fused-ring (bicyclic) bond motifs is 1. The molecule has 0 aromatic heterocycles. The Morgan fingerprint density at radius 1 is 1.03 bits per heavy atom. The van der Waals surface area contributed by atoms with Crippen molar-refractivity contribution in [2.45, 2.75) is 17.9 Å². The van der Waals surface area contributed by atoms with Crippen LogP contribution in [0, 0.1) is 0 Å². The molecule has 162 valence electrons. The molecule has 1 fully saturated rings. The second-order valence-electron chi connectivity index (χ2n) is 7.44. The zero-order valence-electron chi connectivity index (χ0n) is 17.0. The van der Waals surface area contributed by atoms with Gasteiger partial charge in [0.1, 0.15) is 0 Å². The average molecular weight is 443 g/mol. The summed E-state index contributed by atoms with van der Waals surface area (Å²) in [4.78, 5) is 37.2. The van der Waals surface area contributed by atoms with E-state index in [0.717, 1.165) is 5.69 Å². The van der Waals surface area contributed by atoms with Gasteiger partial charge < -0.3 is 9.64 Å². The Labute approximate surface area is 179 Å². The van der Waals surface area contributed by atoms with Crippen molar-refractivity contribution >= 4 is 33.5 Å². The molecule has 1 N–H and O–H groups in total. The number of ether oxygens (including phenoxy) is 1. The lowest BCUT2D eigenvalue weighted by molar-refractivity contribution is 0.0600. The van der Waals surface area contributed by atoms with Crippen LogP contribution in [0.4, 0.5) is 5.69 Å². The van der Waals surface area contributed by atoms with Crippen molar-refractivity contribution < 1.29 is 27.5 Å². The molecule has 0 aliphatic carbocycles. The van der Waals surface area contributed by atoms with Crippen LogP contribution in [0.3, 0.4) is 0 Å². The van der Waals surface area contributed by atoms with E-state index in [1.807, 2.05) is 11.8 Å². The number of esters is 1. The molecule has 1 saturated heterocycles. The molecule has 0 bridgehead atoms. The number of hydrogen-bond donors (Lipinski definition) is 1. The Hall–Kier alpha value is -3.24. The number of amides is 2. The number of hydrogen-bond acceptors (Lipinski definition) is 7. The van der Waals surface area contributed by atoms with Gasteiger partial charge in [0.2, 0.25) is 10.0 Å². The zero-order valence-corrected chi connectivity index (χ0v) is 17.8. The number of nitrogens with zero attached hydrogens (tertiary/aromatic N) is 2. The fourth-order valence-corrected chi connectivity index (χ4v) is 5.54. The quantitative estimate of drug-likeness (QED) is 0.559. The minimum absolute atomic E-state index is 0.0150. The number of anilines is 1. The monoisotopic (exact) mass is 443 g/mol. The summed E-state index contributed by atoms with van der Waals surface area (Å²) in [5, 5.41) is 2.17. The van der Waals surface area contributed by atoms with Gasteiger partial charge in [0.05, 0.1) is 28.7 Å². The molecule has 31 heavy (non-hydrogen) atoms. The van der Waals surface area contributed by atoms with Crippen LogP contribution < -0.4 is 10.2 Å². The number of methoxy groups -OCH3 is 1. The molecule has 0 saturated carbocycles. The Bertz CT molecular complexity index is 1180. The summed E-state index contributed by atoms with van der Waals surface area (Å²) in [7, 11) is -2.52. The molecule has 2 amide bonds. The maximum absolute atomic E-state index is 13.2. The van der Waals surface area contributed by atoms with Crippen LogP contribution in [0.15, 0.2) is 47.4 Å². The Morgan fingerprint density at radius 3 is 2.35 bits per heavy atom.